The van der Waals surface area contributed by atoms with Crippen molar-refractivity contribution in [1.82, 2.24) is 4.90 Å². The molecule has 0 aromatic heterocycles. The van der Waals surface area contributed by atoms with Crippen LogP contribution in [0.25, 0.3) is 0 Å². The van der Waals surface area contributed by atoms with Crippen molar-refractivity contribution in [2.75, 3.05) is 32.6 Å². The number of nitrogens with zero attached hydrogens (tertiary/aromatic N) is 1. The van der Waals surface area contributed by atoms with Crippen LogP contribution in [0.2, 0.25) is 5.02 Å². The monoisotopic (exact) mass is 316 g/mol. The second kappa shape index (κ2) is 8.59. The number of hydrogen-bond donors (Lipinski definition) is 1. The van der Waals surface area contributed by atoms with Crippen LogP contribution in [-0.2, 0) is 14.3 Å². The summed E-state index contributed by atoms with van der Waals surface area (Å²) in [4.78, 5) is 24.5. The maximum atomic E-state index is 12.9. The molecule has 0 saturated carbocycles. The highest BCUT2D eigenvalue weighted by Crippen LogP contribution is 2.22. The predicted molar refractivity (Wildman–Crippen MR) is 78.8 cm³/mol. The Labute approximate surface area is 128 Å². The molecule has 0 unspecified atom stereocenters. The molecule has 0 heterocycles. The molecule has 5 nitrogen and oxygen atoms in total. The number of methoxy groups -OCH3 is 1. The van der Waals surface area contributed by atoms with E-state index < -0.39 is 5.82 Å². The Hall–Kier alpha value is -1.66. The number of hydrogen-bond acceptors (Lipinski definition) is 4. The molecule has 0 aliphatic rings. The minimum atomic E-state index is -0.460. The molecule has 0 spiro atoms. The second-order valence-corrected chi connectivity index (χ2v) is 5.00. The van der Waals surface area contributed by atoms with Crippen LogP contribution in [0.5, 0.6) is 0 Å². The lowest BCUT2D eigenvalue weighted by Crippen LogP contribution is -2.31. The molecule has 0 saturated heterocycles. The number of ether oxygens (including phenoxy) is 1. The molecule has 1 aromatic carbocycles. The number of carbonyl (C=O) groups is 2. The van der Waals surface area contributed by atoms with E-state index in [9.17, 15) is 14.0 Å². The Morgan fingerprint density at radius 3 is 2.76 bits per heavy atom. The number of halogens is 2. The molecule has 0 atom stereocenters. The summed E-state index contributed by atoms with van der Waals surface area (Å²) >= 11 is 5.82. The van der Waals surface area contributed by atoms with Crippen molar-refractivity contribution in [2.24, 2.45) is 0 Å². The smallest absolute Gasteiger partial charge is 0.305 e. The van der Waals surface area contributed by atoms with Crippen LogP contribution in [0.3, 0.4) is 0 Å². The number of carbonyl (C=O) groups excluding carboxylic acids is 2. The zero-order chi connectivity index (χ0) is 15.8. The molecule has 116 valence electrons. The Bertz CT molecular complexity index is 511. The van der Waals surface area contributed by atoms with Gasteiger partial charge in [-0.05, 0) is 38.2 Å². The minimum Gasteiger partial charge on any atom is -0.469 e. The van der Waals surface area contributed by atoms with Gasteiger partial charge in [-0.25, -0.2) is 4.39 Å². The summed E-state index contributed by atoms with van der Waals surface area (Å²) in [5.74, 6) is -0.993. The fourth-order valence-electron chi connectivity index (χ4n) is 1.70. The highest BCUT2D eigenvalue weighted by Gasteiger charge is 2.10. The predicted octanol–water partition coefficient (Wildman–Crippen LogP) is 2.30. The van der Waals surface area contributed by atoms with E-state index in [1.165, 1.54) is 19.2 Å². The van der Waals surface area contributed by atoms with E-state index in [-0.39, 0.29) is 23.4 Å². The van der Waals surface area contributed by atoms with Crippen LogP contribution in [0.15, 0.2) is 18.2 Å². The molecular weight excluding hydrogens is 299 g/mol. The molecule has 1 amide bonds. The molecule has 0 radical (unpaired) electrons. The Kier molecular flexibility index (Phi) is 7.11. The summed E-state index contributed by atoms with van der Waals surface area (Å²) in [5.41, 5.74) is 0.367. The minimum absolute atomic E-state index is 0.148. The van der Waals surface area contributed by atoms with E-state index in [2.05, 4.69) is 10.1 Å². The van der Waals surface area contributed by atoms with Crippen LogP contribution in [0.1, 0.15) is 12.8 Å². The third kappa shape index (κ3) is 6.55. The molecule has 0 bridgehead atoms. The van der Waals surface area contributed by atoms with Gasteiger partial charge in [-0.2, -0.15) is 0 Å². The standard InChI is InChI=1S/C14H18ClFN2O3/c1-18(7-3-4-14(20)21-2)9-13(19)17-12-6-5-10(16)8-11(12)15/h5-6,8H,3-4,7,9H2,1-2H3,(H,17,19). The molecule has 21 heavy (non-hydrogen) atoms. The third-order valence-electron chi connectivity index (χ3n) is 2.77. The fourth-order valence-corrected chi connectivity index (χ4v) is 1.91. The van der Waals surface area contributed by atoms with E-state index in [1.807, 2.05) is 0 Å². The van der Waals surface area contributed by atoms with Crippen LogP contribution >= 0.6 is 11.6 Å². The van der Waals surface area contributed by atoms with Gasteiger partial charge in [0, 0.05) is 6.42 Å². The number of rotatable bonds is 7. The summed E-state index contributed by atoms with van der Waals surface area (Å²) in [6, 6.07) is 3.77. The average Bonchev–Trinajstić information content (AvgIpc) is 2.41. The Morgan fingerprint density at radius 2 is 2.14 bits per heavy atom. The first-order chi connectivity index (χ1) is 9.92. The second-order valence-electron chi connectivity index (χ2n) is 4.59. The van der Waals surface area contributed by atoms with Crippen LogP contribution in [-0.4, -0.2) is 44.0 Å². The topological polar surface area (TPSA) is 58.6 Å². The summed E-state index contributed by atoms with van der Waals surface area (Å²) < 4.78 is 17.4. The van der Waals surface area contributed by atoms with Crippen LogP contribution < -0.4 is 5.32 Å². The van der Waals surface area contributed by atoms with Crippen LogP contribution in [0.4, 0.5) is 10.1 Å². The molecule has 0 fully saturated rings. The fraction of sp³-hybridized carbons (Fsp3) is 0.429. The first-order valence-electron chi connectivity index (χ1n) is 6.42. The number of anilines is 1. The van der Waals surface area contributed by atoms with Gasteiger partial charge in [0.1, 0.15) is 5.82 Å². The lowest BCUT2D eigenvalue weighted by atomic mass is 10.3. The average molecular weight is 317 g/mol. The first kappa shape index (κ1) is 17.4. The van der Waals surface area contributed by atoms with Crippen molar-refractivity contribution in [3.05, 3.63) is 29.0 Å². The van der Waals surface area contributed by atoms with Gasteiger partial charge in [-0.1, -0.05) is 11.6 Å². The molecule has 0 aliphatic carbocycles. The maximum Gasteiger partial charge on any atom is 0.305 e. The number of benzene rings is 1. The number of nitrogens with one attached hydrogen (secondary N) is 1. The van der Waals surface area contributed by atoms with E-state index in [1.54, 1.807) is 11.9 Å². The third-order valence-corrected chi connectivity index (χ3v) is 3.08. The van der Waals surface area contributed by atoms with E-state index in [0.29, 0.717) is 25.1 Å². The lowest BCUT2D eigenvalue weighted by Gasteiger charge is -2.16. The van der Waals surface area contributed by atoms with Crippen molar-refractivity contribution < 1.29 is 18.7 Å². The van der Waals surface area contributed by atoms with Crippen LogP contribution in [0, 0.1) is 5.82 Å². The zero-order valence-corrected chi connectivity index (χ0v) is 12.7. The summed E-state index contributed by atoms with van der Waals surface area (Å²) in [6.07, 6.45) is 0.917. The van der Waals surface area contributed by atoms with Gasteiger partial charge < -0.3 is 10.1 Å². The summed E-state index contributed by atoms with van der Waals surface area (Å²) in [5, 5.41) is 2.76. The molecule has 0 aliphatic heterocycles. The quantitative estimate of drug-likeness (QED) is 0.784. The highest BCUT2D eigenvalue weighted by molar-refractivity contribution is 6.33. The van der Waals surface area contributed by atoms with Crippen molar-refractivity contribution in [1.29, 1.82) is 0 Å². The normalized spacial score (nSPS) is 10.5. The lowest BCUT2D eigenvalue weighted by molar-refractivity contribution is -0.140. The molecule has 1 aromatic rings. The van der Waals surface area contributed by atoms with E-state index in [4.69, 9.17) is 11.6 Å². The molecule has 1 rings (SSSR count). The van der Waals surface area contributed by atoms with E-state index in [0.717, 1.165) is 6.07 Å². The molecular formula is C14H18ClFN2O3. The SMILES string of the molecule is COC(=O)CCCN(C)CC(=O)Nc1ccc(F)cc1Cl. The number of likely N-dealkylation sites (N-methyl/N-ethyl adjacent to an activating group) is 1. The van der Waals surface area contributed by atoms with Gasteiger partial charge in [0.2, 0.25) is 5.91 Å². The van der Waals surface area contributed by atoms with Gasteiger partial charge in [0.15, 0.2) is 0 Å². The maximum absolute atomic E-state index is 12.9. The Balaban J connectivity index is 2.37. The van der Waals surface area contributed by atoms with Gasteiger partial charge in [-0.3, -0.25) is 14.5 Å². The van der Waals surface area contributed by atoms with Crippen molar-refractivity contribution >= 4 is 29.2 Å². The summed E-state index contributed by atoms with van der Waals surface area (Å²) in [7, 11) is 3.11. The summed E-state index contributed by atoms with van der Waals surface area (Å²) in [6.45, 7) is 0.731. The van der Waals surface area contributed by atoms with E-state index >= 15 is 0 Å². The molecule has 7 heteroatoms. The zero-order valence-electron chi connectivity index (χ0n) is 12.0. The van der Waals surface area contributed by atoms with Crippen molar-refractivity contribution in [3.63, 3.8) is 0 Å². The van der Waals surface area contributed by atoms with Gasteiger partial charge in [-0.15, -0.1) is 0 Å². The Morgan fingerprint density at radius 1 is 1.43 bits per heavy atom. The highest BCUT2D eigenvalue weighted by atomic mass is 35.5. The van der Waals surface area contributed by atoms with Crippen molar-refractivity contribution in [3.8, 4) is 0 Å². The molecule has 1 N–H and O–H groups in total. The number of esters is 1. The number of amides is 1. The van der Waals surface area contributed by atoms with Crippen molar-refractivity contribution in [2.45, 2.75) is 12.8 Å². The first-order valence-corrected chi connectivity index (χ1v) is 6.80. The van der Waals surface area contributed by atoms with Gasteiger partial charge >= 0.3 is 5.97 Å². The largest absolute Gasteiger partial charge is 0.469 e. The van der Waals surface area contributed by atoms with Gasteiger partial charge in [0.25, 0.3) is 0 Å². The van der Waals surface area contributed by atoms with Gasteiger partial charge in [0.05, 0.1) is 24.4 Å².